The van der Waals surface area contributed by atoms with Crippen LogP contribution in [0.3, 0.4) is 0 Å². The summed E-state index contributed by atoms with van der Waals surface area (Å²) in [5.74, 6) is 0.403. The number of alkyl halides is 1. The van der Waals surface area contributed by atoms with Crippen molar-refractivity contribution in [3.63, 3.8) is 0 Å². The topological polar surface area (TPSA) is 53.3 Å². The van der Waals surface area contributed by atoms with Crippen molar-refractivity contribution in [3.8, 4) is 5.88 Å². The van der Waals surface area contributed by atoms with Crippen molar-refractivity contribution in [2.45, 2.75) is 32.1 Å². The Morgan fingerprint density at radius 3 is 2.78 bits per heavy atom. The minimum absolute atomic E-state index is 0.233. The summed E-state index contributed by atoms with van der Waals surface area (Å²) in [5, 5.41) is 3.95. The highest BCUT2D eigenvalue weighted by Gasteiger charge is 2.22. The van der Waals surface area contributed by atoms with Gasteiger partial charge in [0.1, 0.15) is 0 Å². The number of carbonyl (C=O) groups is 1. The molecule has 0 saturated heterocycles. The Kier molecular flexibility index (Phi) is 5.47. The zero-order chi connectivity index (χ0) is 13.7. The Labute approximate surface area is 112 Å². The number of esters is 1. The number of ether oxygens (including phenoxy) is 2. The van der Waals surface area contributed by atoms with Gasteiger partial charge in [-0.25, -0.2) is 4.68 Å². The third-order valence-electron chi connectivity index (χ3n) is 2.63. The molecule has 0 saturated carbocycles. The molecule has 1 aromatic heterocycles. The summed E-state index contributed by atoms with van der Waals surface area (Å²) in [6, 6.07) is 0. The monoisotopic (exact) mass is 274 g/mol. The van der Waals surface area contributed by atoms with Crippen LogP contribution in [-0.4, -0.2) is 29.5 Å². The Balaban J connectivity index is 2.72. The molecule has 1 atom stereocenters. The largest absolute Gasteiger partial charge is 0.481 e. The first-order chi connectivity index (χ1) is 8.51. The van der Waals surface area contributed by atoms with Crippen molar-refractivity contribution in [2.24, 2.45) is 7.05 Å². The van der Waals surface area contributed by atoms with Crippen molar-refractivity contribution < 1.29 is 14.3 Å². The Hall–Kier alpha value is -1.23. The lowest BCUT2D eigenvalue weighted by Gasteiger charge is -2.10. The fraction of sp³-hybridized carbons (Fsp3) is 0.667. The average molecular weight is 275 g/mol. The molecule has 0 N–H and O–H groups in total. The zero-order valence-electron chi connectivity index (χ0n) is 11.2. The minimum atomic E-state index is -0.307. The van der Waals surface area contributed by atoms with Gasteiger partial charge in [-0.2, -0.15) is 5.10 Å². The lowest BCUT2D eigenvalue weighted by molar-refractivity contribution is -0.143. The van der Waals surface area contributed by atoms with Gasteiger partial charge in [0.25, 0.3) is 0 Å². The Bertz CT molecular complexity index is 418. The van der Waals surface area contributed by atoms with E-state index in [1.807, 2.05) is 6.92 Å². The summed E-state index contributed by atoms with van der Waals surface area (Å²) >= 11 is 6.31. The molecule has 1 aromatic rings. The van der Waals surface area contributed by atoms with E-state index in [1.54, 1.807) is 25.8 Å². The van der Waals surface area contributed by atoms with E-state index in [1.165, 1.54) is 0 Å². The van der Waals surface area contributed by atoms with E-state index in [2.05, 4.69) is 5.10 Å². The Morgan fingerprint density at radius 1 is 1.56 bits per heavy atom. The number of rotatable bonds is 6. The van der Waals surface area contributed by atoms with Gasteiger partial charge in [-0.1, -0.05) is 0 Å². The molecule has 6 heteroatoms. The molecule has 0 bridgehead atoms. The standard InChI is InChI=1S/C12H19ClN2O3/c1-5-18-10(16)7-6-9(13)11-8(2)14-15(3)12(11)17-4/h9H,5-7H2,1-4H3. The second kappa shape index (κ2) is 6.64. The third-order valence-corrected chi connectivity index (χ3v) is 3.06. The van der Waals surface area contributed by atoms with E-state index in [0.717, 1.165) is 11.3 Å². The number of halogens is 1. The fourth-order valence-corrected chi connectivity index (χ4v) is 2.24. The summed E-state index contributed by atoms with van der Waals surface area (Å²) in [4.78, 5) is 11.3. The van der Waals surface area contributed by atoms with Gasteiger partial charge >= 0.3 is 5.97 Å². The highest BCUT2D eigenvalue weighted by atomic mass is 35.5. The van der Waals surface area contributed by atoms with Gasteiger partial charge < -0.3 is 9.47 Å². The molecule has 0 spiro atoms. The lowest BCUT2D eigenvalue weighted by Crippen LogP contribution is -2.06. The van der Waals surface area contributed by atoms with Crippen LogP contribution in [0.25, 0.3) is 0 Å². The highest BCUT2D eigenvalue weighted by molar-refractivity contribution is 6.21. The molecule has 102 valence electrons. The molecule has 18 heavy (non-hydrogen) atoms. The van der Waals surface area contributed by atoms with E-state index in [4.69, 9.17) is 21.1 Å². The molecule has 0 fully saturated rings. The second-order valence-corrected chi connectivity index (χ2v) is 4.47. The van der Waals surface area contributed by atoms with E-state index < -0.39 is 0 Å². The van der Waals surface area contributed by atoms with Crippen molar-refractivity contribution in [2.75, 3.05) is 13.7 Å². The number of carbonyl (C=O) groups excluding carboxylic acids is 1. The first-order valence-corrected chi connectivity index (χ1v) is 6.32. The molecule has 0 aliphatic heterocycles. The molecule has 0 radical (unpaired) electrons. The van der Waals surface area contributed by atoms with Crippen molar-refractivity contribution >= 4 is 17.6 Å². The number of aryl methyl sites for hydroxylation is 2. The van der Waals surface area contributed by atoms with E-state index >= 15 is 0 Å². The van der Waals surface area contributed by atoms with Crippen LogP contribution in [0, 0.1) is 6.92 Å². The van der Waals surface area contributed by atoms with Crippen molar-refractivity contribution in [3.05, 3.63) is 11.3 Å². The van der Waals surface area contributed by atoms with Crippen molar-refractivity contribution in [1.82, 2.24) is 9.78 Å². The van der Waals surface area contributed by atoms with Gasteiger partial charge in [-0.15, -0.1) is 11.6 Å². The molecule has 1 unspecified atom stereocenters. The predicted octanol–water partition coefficient (Wildman–Crippen LogP) is 2.36. The second-order valence-electron chi connectivity index (χ2n) is 3.94. The van der Waals surface area contributed by atoms with E-state index in [0.29, 0.717) is 25.3 Å². The van der Waals surface area contributed by atoms with Gasteiger partial charge in [0.2, 0.25) is 5.88 Å². The normalized spacial score (nSPS) is 12.3. The third kappa shape index (κ3) is 3.38. The molecule has 1 rings (SSSR count). The molecular weight excluding hydrogens is 256 g/mol. The summed E-state index contributed by atoms with van der Waals surface area (Å²) in [5.41, 5.74) is 1.66. The maximum atomic E-state index is 11.3. The van der Waals surface area contributed by atoms with Gasteiger partial charge in [0, 0.05) is 13.5 Å². The average Bonchev–Trinajstić information content (AvgIpc) is 2.60. The van der Waals surface area contributed by atoms with Gasteiger partial charge in [0.15, 0.2) is 0 Å². The van der Waals surface area contributed by atoms with Crippen LogP contribution in [0.1, 0.15) is 36.4 Å². The molecule has 1 heterocycles. The summed E-state index contributed by atoms with van der Waals surface area (Å²) in [7, 11) is 3.37. The SMILES string of the molecule is CCOC(=O)CCC(Cl)c1c(C)nn(C)c1OC. The smallest absolute Gasteiger partial charge is 0.305 e. The lowest BCUT2D eigenvalue weighted by atomic mass is 10.1. The zero-order valence-corrected chi connectivity index (χ0v) is 12.0. The van der Waals surface area contributed by atoms with Gasteiger partial charge in [0.05, 0.1) is 30.4 Å². The predicted molar refractivity (Wildman–Crippen MR) is 69.0 cm³/mol. The first kappa shape index (κ1) is 14.8. The Morgan fingerprint density at radius 2 is 2.22 bits per heavy atom. The fourth-order valence-electron chi connectivity index (χ4n) is 1.88. The van der Waals surface area contributed by atoms with E-state index in [-0.39, 0.29) is 11.3 Å². The highest BCUT2D eigenvalue weighted by Crippen LogP contribution is 2.35. The van der Waals surface area contributed by atoms with Gasteiger partial charge in [-0.05, 0) is 20.3 Å². The quantitative estimate of drug-likeness (QED) is 0.590. The van der Waals surface area contributed by atoms with E-state index in [9.17, 15) is 4.79 Å². The van der Waals surface area contributed by atoms with Crippen LogP contribution >= 0.6 is 11.6 Å². The molecule has 5 nitrogen and oxygen atoms in total. The summed E-state index contributed by atoms with van der Waals surface area (Å²) < 4.78 is 11.8. The van der Waals surface area contributed by atoms with Crippen molar-refractivity contribution in [1.29, 1.82) is 0 Å². The number of hydrogen-bond acceptors (Lipinski definition) is 4. The van der Waals surface area contributed by atoms with Gasteiger partial charge in [-0.3, -0.25) is 4.79 Å². The maximum Gasteiger partial charge on any atom is 0.305 e. The minimum Gasteiger partial charge on any atom is -0.481 e. The van der Waals surface area contributed by atoms with Crippen LogP contribution < -0.4 is 4.74 Å². The maximum absolute atomic E-state index is 11.3. The molecular formula is C12H19ClN2O3. The molecule has 0 aromatic carbocycles. The number of nitrogens with zero attached hydrogens (tertiary/aromatic N) is 2. The summed E-state index contributed by atoms with van der Waals surface area (Å²) in [6.45, 7) is 4.04. The van der Waals surface area contributed by atoms with Crippen LogP contribution in [-0.2, 0) is 16.6 Å². The number of methoxy groups -OCH3 is 1. The molecule has 0 amide bonds. The number of aromatic nitrogens is 2. The van der Waals surface area contributed by atoms with Crippen LogP contribution in [0.2, 0.25) is 0 Å². The number of hydrogen-bond donors (Lipinski definition) is 0. The van der Waals surface area contributed by atoms with Crippen LogP contribution in [0.5, 0.6) is 5.88 Å². The van der Waals surface area contributed by atoms with Crippen LogP contribution in [0.15, 0.2) is 0 Å². The summed E-state index contributed by atoms with van der Waals surface area (Å²) in [6.07, 6.45) is 0.794. The molecule has 0 aliphatic rings. The van der Waals surface area contributed by atoms with Crippen LogP contribution in [0.4, 0.5) is 0 Å². The molecule has 0 aliphatic carbocycles. The first-order valence-electron chi connectivity index (χ1n) is 5.88.